The maximum Gasteiger partial charge on any atom is 0.187 e. The van der Waals surface area contributed by atoms with E-state index in [9.17, 15) is 35.7 Å². The van der Waals surface area contributed by atoms with E-state index < -0.39 is 74.6 Å². The van der Waals surface area contributed by atoms with Gasteiger partial charge in [-0.05, 0) is 6.42 Å². The van der Waals surface area contributed by atoms with E-state index in [0.29, 0.717) is 6.42 Å². The van der Waals surface area contributed by atoms with E-state index in [4.69, 9.17) is 18.9 Å². The highest BCUT2D eigenvalue weighted by atomic mass is 16.7. The molecule has 2 saturated heterocycles. The minimum Gasteiger partial charge on any atom is -0.394 e. The van der Waals surface area contributed by atoms with E-state index in [2.05, 4.69) is 0 Å². The first-order chi connectivity index (χ1) is 12.3. The molecule has 2 aliphatic heterocycles. The van der Waals surface area contributed by atoms with Crippen LogP contribution in [0.15, 0.2) is 0 Å². The third-order valence-electron chi connectivity index (χ3n) is 4.45. The zero-order valence-corrected chi connectivity index (χ0v) is 14.4. The molecule has 2 fully saturated rings. The third kappa shape index (κ3) is 4.51. The molecule has 2 heterocycles. The van der Waals surface area contributed by atoms with Crippen molar-refractivity contribution in [2.24, 2.45) is 0 Å². The highest BCUT2D eigenvalue weighted by Crippen LogP contribution is 2.29. The standard InChI is InChI=1S/C15H28O11/c1-2-3-23-14-12(22)10(20)13(7(5-17)25-14)26-15-11(21)9(19)8(18)6(4-16)24-15/h6-22H,2-5H2,1H3/t6-,7-,8+,9+,10-,11-,12-,13-,14-,15+/m1/s1. The van der Waals surface area contributed by atoms with Crippen LogP contribution < -0.4 is 0 Å². The van der Waals surface area contributed by atoms with E-state index in [1.54, 1.807) is 0 Å². The number of aliphatic hydroxyl groups is 7. The van der Waals surface area contributed by atoms with Gasteiger partial charge in [0, 0.05) is 6.61 Å². The van der Waals surface area contributed by atoms with Gasteiger partial charge in [0.1, 0.15) is 48.8 Å². The van der Waals surface area contributed by atoms with E-state index in [0.717, 1.165) is 0 Å². The van der Waals surface area contributed by atoms with Gasteiger partial charge in [-0.3, -0.25) is 0 Å². The summed E-state index contributed by atoms with van der Waals surface area (Å²) in [6.07, 6.45) is -13.6. The van der Waals surface area contributed by atoms with Gasteiger partial charge in [0.25, 0.3) is 0 Å². The van der Waals surface area contributed by atoms with Crippen molar-refractivity contribution in [3.8, 4) is 0 Å². The van der Waals surface area contributed by atoms with E-state index >= 15 is 0 Å². The Kier molecular flexibility index (Phi) is 8.12. The molecule has 7 N–H and O–H groups in total. The van der Waals surface area contributed by atoms with E-state index in [1.165, 1.54) is 0 Å². The molecule has 10 atom stereocenters. The van der Waals surface area contributed by atoms with Crippen molar-refractivity contribution >= 4 is 0 Å². The Hall–Kier alpha value is -0.440. The number of hydrogen-bond acceptors (Lipinski definition) is 11. The Morgan fingerprint density at radius 1 is 0.731 bits per heavy atom. The summed E-state index contributed by atoms with van der Waals surface area (Å²) < 4.78 is 21.3. The van der Waals surface area contributed by atoms with Crippen LogP contribution in [0, 0.1) is 0 Å². The van der Waals surface area contributed by atoms with Gasteiger partial charge in [-0.25, -0.2) is 0 Å². The first kappa shape index (κ1) is 21.9. The van der Waals surface area contributed by atoms with Gasteiger partial charge < -0.3 is 54.7 Å². The quantitative estimate of drug-likeness (QED) is 0.228. The second-order valence-corrected chi connectivity index (χ2v) is 6.38. The Morgan fingerprint density at radius 2 is 1.31 bits per heavy atom. The summed E-state index contributed by atoms with van der Waals surface area (Å²) in [5.41, 5.74) is 0. The lowest BCUT2D eigenvalue weighted by molar-refractivity contribution is -0.359. The monoisotopic (exact) mass is 384 g/mol. The number of aliphatic hydroxyl groups excluding tert-OH is 7. The van der Waals surface area contributed by atoms with Crippen molar-refractivity contribution in [3.05, 3.63) is 0 Å². The summed E-state index contributed by atoms with van der Waals surface area (Å²) in [6, 6.07) is 0. The van der Waals surface area contributed by atoms with Gasteiger partial charge in [0.05, 0.1) is 13.2 Å². The van der Waals surface area contributed by atoms with Crippen LogP contribution in [0.4, 0.5) is 0 Å². The number of rotatable bonds is 7. The minimum absolute atomic E-state index is 0.269. The molecule has 0 aromatic carbocycles. The van der Waals surface area contributed by atoms with Crippen LogP contribution in [0.25, 0.3) is 0 Å². The number of ether oxygens (including phenoxy) is 4. The Morgan fingerprint density at radius 3 is 1.88 bits per heavy atom. The lowest BCUT2D eigenvalue weighted by atomic mass is 9.97. The average molecular weight is 384 g/mol. The van der Waals surface area contributed by atoms with Crippen LogP contribution in [-0.2, 0) is 18.9 Å². The number of hydrogen-bond donors (Lipinski definition) is 7. The highest BCUT2D eigenvalue weighted by Gasteiger charge is 2.50. The van der Waals surface area contributed by atoms with Crippen LogP contribution in [0.3, 0.4) is 0 Å². The maximum absolute atomic E-state index is 10.3. The van der Waals surface area contributed by atoms with Gasteiger partial charge in [-0.15, -0.1) is 0 Å². The molecule has 0 amide bonds. The van der Waals surface area contributed by atoms with Gasteiger partial charge in [-0.2, -0.15) is 0 Å². The molecule has 0 spiro atoms. The molecule has 0 aromatic rings. The lowest BCUT2D eigenvalue weighted by Gasteiger charge is -2.45. The van der Waals surface area contributed by atoms with Crippen LogP contribution in [0.1, 0.15) is 13.3 Å². The summed E-state index contributed by atoms with van der Waals surface area (Å²) in [6.45, 7) is 0.885. The van der Waals surface area contributed by atoms with Crippen molar-refractivity contribution in [2.75, 3.05) is 19.8 Å². The molecule has 11 heteroatoms. The fourth-order valence-electron chi connectivity index (χ4n) is 2.93. The van der Waals surface area contributed by atoms with Gasteiger partial charge in [-0.1, -0.05) is 6.92 Å². The first-order valence-corrected chi connectivity index (χ1v) is 8.55. The van der Waals surface area contributed by atoms with Crippen LogP contribution in [-0.4, -0.2) is 117 Å². The van der Waals surface area contributed by atoms with E-state index in [1.807, 2.05) is 6.92 Å². The zero-order chi connectivity index (χ0) is 19.4. The van der Waals surface area contributed by atoms with Crippen molar-refractivity contribution in [1.82, 2.24) is 0 Å². The van der Waals surface area contributed by atoms with Crippen molar-refractivity contribution in [1.29, 1.82) is 0 Å². The van der Waals surface area contributed by atoms with Gasteiger partial charge in [0.15, 0.2) is 12.6 Å². The normalized spacial score (nSPS) is 47.1. The summed E-state index contributed by atoms with van der Waals surface area (Å²) in [7, 11) is 0. The van der Waals surface area contributed by atoms with Crippen LogP contribution >= 0.6 is 0 Å². The fraction of sp³-hybridized carbons (Fsp3) is 1.00. The molecule has 11 nitrogen and oxygen atoms in total. The zero-order valence-electron chi connectivity index (χ0n) is 14.4. The Labute approximate surface area is 150 Å². The molecule has 26 heavy (non-hydrogen) atoms. The summed E-state index contributed by atoms with van der Waals surface area (Å²) >= 11 is 0. The van der Waals surface area contributed by atoms with Crippen molar-refractivity contribution in [2.45, 2.75) is 74.8 Å². The molecule has 0 radical (unpaired) electrons. The third-order valence-corrected chi connectivity index (χ3v) is 4.45. The molecule has 154 valence electrons. The second kappa shape index (κ2) is 9.66. The largest absolute Gasteiger partial charge is 0.394 e. The average Bonchev–Trinajstić information content (AvgIpc) is 2.64. The van der Waals surface area contributed by atoms with Crippen molar-refractivity contribution < 1.29 is 54.7 Å². The Balaban J connectivity index is 2.09. The van der Waals surface area contributed by atoms with Crippen molar-refractivity contribution in [3.63, 3.8) is 0 Å². The molecule has 0 bridgehead atoms. The smallest absolute Gasteiger partial charge is 0.187 e. The van der Waals surface area contributed by atoms with Gasteiger partial charge in [0.2, 0.25) is 0 Å². The molecular weight excluding hydrogens is 356 g/mol. The summed E-state index contributed by atoms with van der Waals surface area (Å²) in [5.74, 6) is 0. The molecule has 0 aliphatic carbocycles. The maximum atomic E-state index is 10.3. The highest BCUT2D eigenvalue weighted by molar-refractivity contribution is 4.94. The lowest BCUT2D eigenvalue weighted by Crippen LogP contribution is -2.64. The topological polar surface area (TPSA) is 179 Å². The SMILES string of the molecule is CCCO[C@@H]1O[C@H](CO)[C@@H](O[C@@H]2O[C@H](CO)[C@H](O)[C@H](O)[C@H]2O)[C@H](O)[C@H]1O. The van der Waals surface area contributed by atoms with E-state index in [-0.39, 0.29) is 6.61 Å². The molecule has 2 aliphatic rings. The Bertz CT molecular complexity index is 420. The fourth-order valence-corrected chi connectivity index (χ4v) is 2.93. The molecule has 0 saturated carbocycles. The van der Waals surface area contributed by atoms with Crippen LogP contribution in [0.2, 0.25) is 0 Å². The molecule has 0 unspecified atom stereocenters. The summed E-state index contributed by atoms with van der Waals surface area (Å²) in [4.78, 5) is 0. The molecular formula is C15H28O11. The molecule has 2 rings (SSSR count). The molecule has 0 aromatic heterocycles. The predicted octanol–water partition coefficient (Wildman–Crippen LogP) is -3.96. The first-order valence-electron chi connectivity index (χ1n) is 8.55. The van der Waals surface area contributed by atoms with Gasteiger partial charge >= 0.3 is 0 Å². The summed E-state index contributed by atoms with van der Waals surface area (Å²) in [5, 5.41) is 68.7. The minimum atomic E-state index is -1.69. The predicted molar refractivity (Wildman–Crippen MR) is 82.6 cm³/mol. The van der Waals surface area contributed by atoms with Crippen LogP contribution in [0.5, 0.6) is 0 Å². The second-order valence-electron chi connectivity index (χ2n) is 6.38.